The molecule has 2 aromatic rings. The highest BCUT2D eigenvalue weighted by atomic mass is 19.4. The Morgan fingerprint density at radius 2 is 1.60 bits per heavy atom. The molecule has 0 spiro atoms. The van der Waals surface area contributed by atoms with Gasteiger partial charge in [-0.15, -0.1) is 0 Å². The first-order valence-corrected chi connectivity index (χ1v) is 7.47. The van der Waals surface area contributed by atoms with Gasteiger partial charge in [-0.3, -0.25) is 14.6 Å². The quantitative estimate of drug-likeness (QED) is 0.839. The third kappa shape index (κ3) is 4.43. The van der Waals surface area contributed by atoms with E-state index >= 15 is 0 Å². The molecule has 0 saturated heterocycles. The third-order valence-corrected chi connectivity index (χ3v) is 3.47. The second-order valence-corrected chi connectivity index (χ2v) is 6.53. The summed E-state index contributed by atoms with van der Waals surface area (Å²) in [7, 11) is 0. The van der Waals surface area contributed by atoms with Crippen molar-refractivity contribution in [2.24, 2.45) is 5.41 Å². The fourth-order valence-electron chi connectivity index (χ4n) is 1.96. The molecule has 0 fully saturated rings. The van der Waals surface area contributed by atoms with Crippen LogP contribution in [0.3, 0.4) is 0 Å². The molecule has 1 aromatic carbocycles. The normalized spacial score (nSPS) is 11.9. The van der Waals surface area contributed by atoms with Crippen molar-refractivity contribution < 1.29 is 22.8 Å². The van der Waals surface area contributed by atoms with E-state index in [0.717, 1.165) is 24.3 Å². The number of pyridine rings is 1. The Balaban J connectivity index is 2.33. The first-order chi connectivity index (χ1) is 11.5. The van der Waals surface area contributed by atoms with Crippen LogP contribution in [0.4, 0.5) is 18.9 Å². The largest absolute Gasteiger partial charge is 0.416 e. The van der Waals surface area contributed by atoms with Gasteiger partial charge in [-0.1, -0.05) is 32.9 Å². The number of ketones is 1. The lowest BCUT2D eigenvalue weighted by Gasteiger charge is -2.19. The SMILES string of the molecule is CC(C)(C)C(=O)Nc1ccncc1C(=O)c1ccc(C(F)(F)F)cc1. The molecule has 0 aliphatic rings. The van der Waals surface area contributed by atoms with Crippen LogP contribution in [0.15, 0.2) is 42.7 Å². The van der Waals surface area contributed by atoms with E-state index in [1.54, 1.807) is 20.8 Å². The highest BCUT2D eigenvalue weighted by Crippen LogP contribution is 2.30. The number of nitrogens with one attached hydrogen (secondary N) is 1. The summed E-state index contributed by atoms with van der Waals surface area (Å²) >= 11 is 0. The molecule has 4 nitrogen and oxygen atoms in total. The van der Waals surface area contributed by atoms with Gasteiger partial charge in [-0.25, -0.2) is 0 Å². The number of amides is 1. The van der Waals surface area contributed by atoms with Crippen molar-refractivity contribution >= 4 is 17.4 Å². The van der Waals surface area contributed by atoms with Crippen molar-refractivity contribution in [3.05, 3.63) is 59.4 Å². The molecule has 1 heterocycles. The van der Waals surface area contributed by atoms with Gasteiger partial charge in [0.1, 0.15) is 0 Å². The van der Waals surface area contributed by atoms with Crippen molar-refractivity contribution in [1.29, 1.82) is 0 Å². The van der Waals surface area contributed by atoms with E-state index in [2.05, 4.69) is 10.3 Å². The molecular formula is C18H17F3N2O2. The van der Waals surface area contributed by atoms with Crippen molar-refractivity contribution in [1.82, 2.24) is 4.98 Å². The van der Waals surface area contributed by atoms with E-state index in [1.807, 2.05) is 0 Å². The summed E-state index contributed by atoms with van der Waals surface area (Å²) < 4.78 is 37.9. The molecule has 7 heteroatoms. The number of alkyl halides is 3. The minimum atomic E-state index is -4.47. The first-order valence-electron chi connectivity index (χ1n) is 7.47. The highest BCUT2D eigenvalue weighted by Gasteiger charge is 2.30. The lowest BCUT2D eigenvalue weighted by Crippen LogP contribution is -2.28. The zero-order chi connectivity index (χ0) is 18.8. The zero-order valence-electron chi connectivity index (χ0n) is 13.9. The number of carbonyl (C=O) groups excluding carboxylic acids is 2. The van der Waals surface area contributed by atoms with Crippen LogP contribution in [0, 0.1) is 5.41 Å². The summed E-state index contributed by atoms with van der Waals surface area (Å²) in [5.41, 5.74) is -1.05. The molecule has 0 saturated carbocycles. The number of hydrogen-bond acceptors (Lipinski definition) is 3. The maximum absolute atomic E-state index is 12.6. The smallest absolute Gasteiger partial charge is 0.325 e. The summed E-state index contributed by atoms with van der Waals surface area (Å²) in [5, 5.41) is 2.66. The third-order valence-electron chi connectivity index (χ3n) is 3.47. The van der Waals surface area contributed by atoms with Gasteiger partial charge in [0.2, 0.25) is 5.91 Å². The lowest BCUT2D eigenvalue weighted by molar-refractivity contribution is -0.137. The molecule has 0 unspecified atom stereocenters. The van der Waals surface area contributed by atoms with Gasteiger partial charge in [0.05, 0.1) is 16.8 Å². The van der Waals surface area contributed by atoms with Crippen molar-refractivity contribution in [2.75, 3.05) is 5.32 Å². The molecule has 1 amide bonds. The number of benzene rings is 1. The minimum absolute atomic E-state index is 0.0762. The summed E-state index contributed by atoms with van der Waals surface area (Å²) in [4.78, 5) is 28.6. The van der Waals surface area contributed by atoms with Gasteiger partial charge >= 0.3 is 6.18 Å². The number of nitrogens with zero attached hydrogens (tertiary/aromatic N) is 1. The van der Waals surface area contributed by atoms with Gasteiger partial charge in [0.25, 0.3) is 0 Å². The Morgan fingerprint density at radius 3 is 2.12 bits per heavy atom. The van der Waals surface area contributed by atoms with Crippen molar-refractivity contribution in [3.8, 4) is 0 Å². The number of hydrogen-bond donors (Lipinski definition) is 1. The number of rotatable bonds is 3. The van der Waals surface area contributed by atoms with Crippen molar-refractivity contribution in [2.45, 2.75) is 26.9 Å². The average Bonchev–Trinajstić information content (AvgIpc) is 2.53. The van der Waals surface area contributed by atoms with Gasteiger partial charge in [0.15, 0.2) is 5.78 Å². The Bertz CT molecular complexity index is 791. The van der Waals surface area contributed by atoms with Crippen LogP contribution in [0.1, 0.15) is 42.3 Å². The predicted octanol–water partition coefficient (Wildman–Crippen LogP) is 4.32. The second kappa shape index (κ2) is 6.66. The minimum Gasteiger partial charge on any atom is -0.325 e. The van der Waals surface area contributed by atoms with Crippen molar-refractivity contribution in [3.63, 3.8) is 0 Å². The fraction of sp³-hybridized carbons (Fsp3) is 0.278. The zero-order valence-corrected chi connectivity index (χ0v) is 13.9. The number of halogens is 3. The molecule has 0 atom stereocenters. The van der Waals surface area contributed by atoms with E-state index in [-0.39, 0.29) is 22.7 Å². The van der Waals surface area contributed by atoms with Crippen LogP contribution in [0.2, 0.25) is 0 Å². The van der Waals surface area contributed by atoms with E-state index in [4.69, 9.17) is 0 Å². The van der Waals surface area contributed by atoms with Crippen LogP contribution in [-0.4, -0.2) is 16.7 Å². The fourth-order valence-corrected chi connectivity index (χ4v) is 1.96. The molecule has 1 aromatic heterocycles. The maximum atomic E-state index is 12.6. The van der Waals surface area contributed by atoms with Gasteiger partial charge < -0.3 is 5.32 Å². The summed E-state index contributed by atoms with van der Waals surface area (Å²) in [6.45, 7) is 5.17. The topological polar surface area (TPSA) is 59.1 Å². The van der Waals surface area contributed by atoms with Crippen LogP contribution < -0.4 is 5.32 Å². The van der Waals surface area contributed by atoms with Crippen LogP contribution in [0.5, 0.6) is 0 Å². The maximum Gasteiger partial charge on any atom is 0.416 e. The monoisotopic (exact) mass is 350 g/mol. The Labute approximate surface area is 143 Å². The predicted molar refractivity (Wildman–Crippen MR) is 87.2 cm³/mol. The van der Waals surface area contributed by atoms with Crippen LogP contribution >= 0.6 is 0 Å². The molecule has 0 aliphatic carbocycles. The molecule has 25 heavy (non-hydrogen) atoms. The molecule has 2 rings (SSSR count). The number of aromatic nitrogens is 1. The lowest BCUT2D eigenvalue weighted by atomic mass is 9.95. The standard InChI is InChI=1S/C18H17F3N2O2/c1-17(2,3)16(25)23-14-8-9-22-10-13(14)15(24)11-4-6-12(7-5-11)18(19,20)21/h4-10H,1-3H3,(H,22,23,25). The molecule has 0 aliphatic heterocycles. The van der Waals surface area contributed by atoms with Crippen LogP contribution in [-0.2, 0) is 11.0 Å². The summed E-state index contributed by atoms with van der Waals surface area (Å²) in [6.07, 6.45) is -1.78. The molecule has 132 valence electrons. The highest BCUT2D eigenvalue weighted by molar-refractivity contribution is 6.13. The van der Waals surface area contributed by atoms with E-state index < -0.39 is 22.9 Å². The summed E-state index contributed by atoms with van der Waals surface area (Å²) in [5.74, 6) is -0.814. The second-order valence-electron chi connectivity index (χ2n) is 6.53. The molecular weight excluding hydrogens is 333 g/mol. The van der Waals surface area contributed by atoms with E-state index in [0.29, 0.717) is 0 Å². The van der Waals surface area contributed by atoms with Gasteiger partial charge in [0, 0.05) is 23.4 Å². The number of carbonyl (C=O) groups is 2. The number of anilines is 1. The molecule has 0 bridgehead atoms. The first kappa shape index (κ1) is 18.6. The molecule has 1 N–H and O–H groups in total. The van der Waals surface area contributed by atoms with Gasteiger partial charge in [-0.05, 0) is 18.2 Å². The van der Waals surface area contributed by atoms with Crippen LogP contribution in [0.25, 0.3) is 0 Å². The van der Waals surface area contributed by atoms with Gasteiger partial charge in [-0.2, -0.15) is 13.2 Å². The Kier molecular flexibility index (Phi) is 4.97. The Morgan fingerprint density at radius 1 is 1.00 bits per heavy atom. The van der Waals surface area contributed by atoms with E-state index in [9.17, 15) is 22.8 Å². The average molecular weight is 350 g/mol. The summed E-state index contributed by atoms with van der Waals surface area (Å²) in [6, 6.07) is 5.37. The molecule has 0 radical (unpaired) electrons. The Hall–Kier alpha value is -2.70. The van der Waals surface area contributed by atoms with E-state index in [1.165, 1.54) is 18.5 Å².